The Morgan fingerprint density at radius 1 is 1.03 bits per heavy atom. The summed E-state index contributed by atoms with van der Waals surface area (Å²) in [5.41, 5.74) is 8.51. The van der Waals surface area contributed by atoms with Crippen molar-refractivity contribution in [2.75, 3.05) is 32.4 Å². The van der Waals surface area contributed by atoms with Gasteiger partial charge in [-0.05, 0) is 48.7 Å². The minimum Gasteiger partial charge on any atom is -1.00 e. The summed E-state index contributed by atoms with van der Waals surface area (Å²) in [4.78, 5) is 0. The lowest BCUT2D eigenvalue weighted by molar-refractivity contribution is -0.686. The SMILES string of the molecule is COc1ccc2c(Cc3ccc(C)cc3)c3[n+](cc2c1NCCCO)CCc1cc2c(cc1-3)OCO2.[Br-]. The second kappa shape index (κ2) is 10.6. The van der Waals surface area contributed by atoms with Gasteiger partial charge in [0.2, 0.25) is 12.5 Å². The number of methoxy groups -OCH3 is 1. The maximum absolute atomic E-state index is 9.33. The van der Waals surface area contributed by atoms with Crippen molar-refractivity contribution in [3.8, 4) is 28.5 Å². The second-order valence-corrected chi connectivity index (χ2v) is 9.53. The van der Waals surface area contributed by atoms with Crippen LogP contribution in [-0.2, 0) is 19.4 Å². The summed E-state index contributed by atoms with van der Waals surface area (Å²) in [6.07, 6.45) is 4.66. The zero-order chi connectivity index (χ0) is 24.6. The van der Waals surface area contributed by atoms with Crippen LogP contribution in [-0.4, -0.2) is 32.2 Å². The van der Waals surface area contributed by atoms with E-state index in [2.05, 4.69) is 65.5 Å². The number of rotatable bonds is 7. The molecule has 0 saturated heterocycles. The maximum atomic E-state index is 9.33. The lowest BCUT2D eigenvalue weighted by atomic mass is 9.88. The van der Waals surface area contributed by atoms with Crippen LogP contribution in [0.1, 0.15) is 28.7 Å². The Kier molecular flexibility index (Phi) is 7.26. The monoisotopic (exact) mass is 562 g/mol. The highest BCUT2D eigenvalue weighted by Crippen LogP contribution is 2.43. The van der Waals surface area contributed by atoms with E-state index in [9.17, 15) is 5.11 Å². The predicted octanol–water partition coefficient (Wildman–Crippen LogP) is 1.79. The fourth-order valence-corrected chi connectivity index (χ4v) is 5.40. The predicted molar refractivity (Wildman–Crippen MR) is 140 cm³/mol. The molecule has 2 aliphatic heterocycles. The number of nitrogens with one attached hydrogen (secondary N) is 1. The summed E-state index contributed by atoms with van der Waals surface area (Å²) < 4.78 is 19.6. The van der Waals surface area contributed by atoms with E-state index in [-0.39, 0.29) is 30.4 Å². The first-order chi connectivity index (χ1) is 17.7. The zero-order valence-electron chi connectivity index (χ0n) is 21.1. The van der Waals surface area contributed by atoms with Crippen molar-refractivity contribution in [2.24, 2.45) is 0 Å². The Hall–Kier alpha value is -3.29. The van der Waals surface area contributed by atoms with Crippen molar-refractivity contribution in [3.05, 3.63) is 77.0 Å². The first-order valence-corrected chi connectivity index (χ1v) is 12.6. The maximum Gasteiger partial charge on any atom is 0.231 e. The Labute approximate surface area is 227 Å². The molecule has 3 heterocycles. The van der Waals surface area contributed by atoms with Gasteiger partial charge in [0.05, 0.1) is 23.7 Å². The van der Waals surface area contributed by atoms with E-state index in [1.165, 1.54) is 38.9 Å². The number of anilines is 1. The summed E-state index contributed by atoms with van der Waals surface area (Å²) in [5, 5.41) is 15.2. The molecular formula is C30H31BrN2O4. The minimum absolute atomic E-state index is 0. The number of aliphatic hydroxyl groups is 1. The molecule has 6 nitrogen and oxygen atoms in total. The van der Waals surface area contributed by atoms with Gasteiger partial charge in [-0.25, -0.2) is 0 Å². The van der Waals surface area contributed by atoms with E-state index < -0.39 is 0 Å². The van der Waals surface area contributed by atoms with Crippen LogP contribution < -0.4 is 41.1 Å². The van der Waals surface area contributed by atoms with Gasteiger partial charge in [-0.2, -0.15) is 4.57 Å². The molecule has 1 aromatic heterocycles. The van der Waals surface area contributed by atoms with E-state index in [1.54, 1.807) is 7.11 Å². The van der Waals surface area contributed by atoms with Crippen molar-refractivity contribution in [1.82, 2.24) is 0 Å². The Bertz CT molecular complexity index is 1450. The molecule has 0 atom stereocenters. The van der Waals surface area contributed by atoms with Crippen LogP contribution in [0.5, 0.6) is 17.2 Å². The van der Waals surface area contributed by atoms with Crippen molar-refractivity contribution in [3.63, 3.8) is 0 Å². The lowest BCUT2D eigenvalue weighted by Gasteiger charge is -2.22. The van der Waals surface area contributed by atoms with Gasteiger partial charge in [-0.1, -0.05) is 29.8 Å². The number of benzene rings is 3. The van der Waals surface area contributed by atoms with Gasteiger partial charge in [0.1, 0.15) is 5.75 Å². The van der Waals surface area contributed by atoms with Gasteiger partial charge in [0.25, 0.3) is 0 Å². The summed E-state index contributed by atoms with van der Waals surface area (Å²) in [6.45, 7) is 4.10. The average Bonchev–Trinajstić information content (AvgIpc) is 3.36. The van der Waals surface area contributed by atoms with Crippen LogP contribution in [0, 0.1) is 6.92 Å². The third kappa shape index (κ3) is 4.62. The molecule has 4 aromatic rings. The van der Waals surface area contributed by atoms with Crippen molar-refractivity contribution < 1.29 is 40.9 Å². The molecule has 192 valence electrons. The van der Waals surface area contributed by atoms with Gasteiger partial charge >= 0.3 is 0 Å². The first kappa shape index (κ1) is 25.4. The summed E-state index contributed by atoms with van der Waals surface area (Å²) in [5.74, 6) is 2.45. The van der Waals surface area contributed by atoms with E-state index in [4.69, 9.17) is 14.2 Å². The highest BCUT2D eigenvalue weighted by molar-refractivity contribution is 6.00. The van der Waals surface area contributed by atoms with Gasteiger partial charge < -0.3 is 41.6 Å². The van der Waals surface area contributed by atoms with Crippen LogP contribution in [0.4, 0.5) is 5.69 Å². The van der Waals surface area contributed by atoms with Gasteiger partial charge in [0, 0.05) is 36.9 Å². The molecule has 2 aliphatic rings. The lowest BCUT2D eigenvalue weighted by Crippen LogP contribution is -3.00. The number of pyridine rings is 1. The number of hydrogen-bond acceptors (Lipinski definition) is 5. The molecular weight excluding hydrogens is 532 g/mol. The van der Waals surface area contributed by atoms with Crippen molar-refractivity contribution in [1.29, 1.82) is 0 Å². The number of aliphatic hydroxyl groups excluding tert-OH is 1. The quantitative estimate of drug-likeness (QED) is 0.265. The molecule has 3 aromatic carbocycles. The van der Waals surface area contributed by atoms with Gasteiger partial charge in [-0.15, -0.1) is 0 Å². The Morgan fingerprint density at radius 3 is 2.57 bits per heavy atom. The third-order valence-corrected chi connectivity index (χ3v) is 7.22. The number of hydrogen-bond donors (Lipinski definition) is 2. The van der Waals surface area contributed by atoms with Crippen molar-refractivity contribution in [2.45, 2.75) is 32.7 Å². The fraction of sp³-hybridized carbons (Fsp3) is 0.300. The van der Waals surface area contributed by atoms with E-state index in [0.717, 1.165) is 47.7 Å². The molecule has 0 unspecified atom stereocenters. The third-order valence-electron chi connectivity index (χ3n) is 7.22. The number of ether oxygens (including phenoxy) is 3. The number of fused-ring (bicyclic) bond motifs is 5. The van der Waals surface area contributed by atoms with Crippen LogP contribution in [0.25, 0.3) is 22.0 Å². The molecule has 0 fully saturated rings. The number of aryl methyl sites for hydroxylation is 3. The number of halogens is 1. The van der Waals surface area contributed by atoms with Crippen LogP contribution in [0.3, 0.4) is 0 Å². The van der Waals surface area contributed by atoms with Gasteiger partial charge in [0.15, 0.2) is 24.2 Å². The molecule has 0 aliphatic carbocycles. The molecule has 37 heavy (non-hydrogen) atoms. The highest BCUT2D eigenvalue weighted by Gasteiger charge is 2.32. The van der Waals surface area contributed by atoms with Crippen LogP contribution >= 0.6 is 0 Å². The molecule has 0 spiro atoms. The normalized spacial score (nSPS) is 13.1. The van der Waals surface area contributed by atoms with Crippen LogP contribution in [0.2, 0.25) is 0 Å². The molecule has 6 rings (SSSR count). The van der Waals surface area contributed by atoms with Gasteiger partial charge in [-0.3, -0.25) is 0 Å². The first-order valence-electron chi connectivity index (χ1n) is 12.6. The van der Waals surface area contributed by atoms with Crippen LogP contribution in [0.15, 0.2) is 54.7 Å². The minimum atomic E-state index is 0. The summed E-state index contributed by atoms with van der Waals surface area (Å²) >= 11 is 0. The number of aromatic nitrogens is 1. The molecule has 0 amide bonds. The van der Waals surface area contributed by atoms with E-state index >= 15 is 0 Å². The van der Waals surface area contributed by atoms with E-state index in [0.29, 0.717) is 13.0 Å². The molecule has 0 saturated carbocycles. The summed E-state index contributed by atoms with van der Waals surface area (Å²) in [6, 6.07) is 17.3. The van der Waals surface area contributed by atoms with Crippen molar-refractivity contribution >= 4 is 16.5 Å². The molecule has 0 radical (unpaired) electrons. The fourth-order valence-electron chi connectivity index (χ4n) is 5.40. The topological polar surface area (TPSA) is 63.8 Å². The average molecular weight is 563 g/mol. The largest absolute Gasteiger partial charge is 1.00 e. The second-order valence-electron chi connectivity index (χ2n) is 9.53. The highest BCUT2D eigenvalue weighted by atomic mass is 79.9. The Morgan fingerprint density at radius 2 is 1.81 bits per heavy atom. The molecule has 2 N–H and O–H groups in total. The standard InChI is InChI=1S/C30H30N2O4.BrH/c1-19-4-6-20(7-5-19)14-24-22-8-9-26(34-2)29(31-11-3-13-33)25(22)17-32-12-10-21-15-27-28(36-18-35-27)16-23(21)30(24)32;/h4-9,15-17,33H,3,10-14,18H2,1-2H3;1H. The molecule has 0 bridgehead atoms. The zero-order valence-corrected chi connectivity index (χ0v) is 22.7. The Balaban J connectivity index is 0.00000280. The molecule has 7 heteroatoms. The number of nitrogens with zero attached hydrogens (tertiary/aromatic N) is 1. The summed E-state index contributed by atoms with van der Waals surface area (Å²) in [7, 11) is 1.70. The smallest absolute Gasteiger partial charge is 0.231 e. The van der Waals surface area contributed by atoms with E-state index in [1.807, 2.05) is 6.07 Å².